The smallest absolute Gasteiger partial charge is 0.255 e. The summed E-state index contributed by atoms with van der Waals surface area (Å²) in [7, 11) is 0. The van der Waals surface area contributed by atoms with Gasteiger partial charge >= 0.3 is 0 Å². The number of aryl methyl sites for hydroxylation is 1. The maximum atomic E-state index is 14.0. The van der Waals surface area contributed by atoms with E-state index in [2.05, 4.69) is 23.5 Å². The molecule has 0 aliphatic carbocycles. The average Bonchev–Trinajstić information content (AvgIpc) is 3.11. The molecular weight excluding hydrogens is 413 g/mol. The number of halogens is 2. The molecule has 2 aromatic carbocycles. The molecule has 0 saturated carbocycles. The number of aromatic hydroxyl groups is 1. The zero-order chi connectivity index (χ0) is 20.0. The van der Waals surface area contributed by atoms with E-state index in [0.29, 0.717) is 24.2 Å². The minimum atomic E-state index is -0.679. The summed E-state index contributed by atoms with van der Waals surface area (Å²) in [5.74, 6) is -1.09. The molecule has 0 unspecified atom stereocenters. The Morgan fingerprint density at radius 3 is 2.62 bits per heavy atom. The number of phenols is 1. The fourth-order valence-corrected chi connectivity index (χ4v) is 4.67. The Kier molecular flexibility index (Phi) is 6.12. The predicted molar refractivity (Wildman–Crippen MR) is 117 cm³/mol. The van der Waals surface area contributed by atoms with Crippen LogP contribution in [-0.4, -0.2) is 45.5 Å². The van der Waals surface area contributed by atoms with Gasteiger partial charge in [0.1, 0.15) is 0 Å². The number of piperazine rings is 1. The van der Waals surface area contributed by atoms with Crippen molar-refractivity contribution in [2.24, 2.45) is 0 Å². The van der Waals surface area contributed by atoms with Gasteiger partial charge in [0.05, 0.1) is 10.3 Å². The van der Waals surface area contributed by atoms with Crippen LogP contribution in [0.25, 0.3) is 21.2 Å². The number of phenolic OH excluding ortho intramolecular Hbond substituents is 1. The normalized spacial score (nSPS) is 19.2. The molecule has 4 rings (SSSR count). The molecule has 1 saturated heterocycles. The van der Waals surface area contributed by atoms with Crippen molar-refractivity contribution < 1.29 is 14.3 Å². The first-order chi connectivity index (χ1) is 13.3. The molecule has 8 heteroatoms. The number of fused-ring (bicyclic) bond motifs is 1. The standard InChI is InChI=1S/C21H22FN3O2S.ClH/c1-11-4-19(26)18(22)7-16(11)14-5-15-8-23-28-20(15)17(6-14)21(27)25-9-12(2)24-13(3)10-25;/h4-8,12-13,24,26H,9-10H2,1-3H3;1H/t12-,13+;. The first kappa shape index (κ1) is 21.5. The van der Waals surface area contributed by atoms with Crippen LogP contribution >= 0.6 is 23.9 Å². The maximum absolute atomic E-state index is 14.0. The second kappa shape index (κ2) is 8.26. The first-order valence-corrected chi connectivity index (χ1v) is 10.0. The van der Waals surface area contributed by atoms with E-state index < -0.39 is 5.82 Å². The molecule has 1 fully saturated rings. The molecular formula is C21H23ClFN3O2S. The molecule has 5 nitrogen and oxygen atoms in total. The summed E-state index contributed by atoms with van der Waals surface area (Å²) in [5, 5.41) is 13.9. The minimum Gasteiger partial charge on any atom is -0.505 e. The van der Waals surface area contributed by atoms with Gasteiger partial charge in [-0.1, -0.05) is 0 Å². The Hall–Kier alpha value is -2.22. The van der Waals surface area contributed by atoms with Crippen molar-refractivity contribution in [1.82, 2.24) is 14.6 Å². The number of benzene rings is 2. The van der Waals surface area contributed by atoms with Crippen LogP contribution in [0.4, 0.5) is 4.39 Å². The number of rotatable bonds is 2. The van der Waals surface area contributed by atoms with Gasteiger partial charge in [-0.3, -0.25) is 4.79 Å². The van der Waals surface area contributed by atoms with Crippen LogP contribution in [0.5, 0.6) is 5.75 Å². The van der Waals surface area contributed by atoms with Crippen LogP contribution in [0.2, 0.25) is 0 Å². The summed E-state index contributed by atoms with van der Waals surface area (Å²) >= 11 is 1.29. The average molecular weight is 436 g/mol. The molecule has 1 aliphatic heterocycles. The van der Waals surface area contributed by atoms with Crippen LogP contribution in [0, 0.1) is 12.7 Å². The van der Waals surface area contributed by atoms with Crippen molar-refractivity contribution in [2.75, 3.05) is 13.1 Å². The van der Waals surface area contributed by atoms with Gasteiger partial charge in [0.2, 0.25) is 0 Å². The lowest BCUT2D eigenvalue weighted by Gasteiger charge is -2.36. The number of hydrogen-bond donors (Lipinski definition) is 2. The van der Waals surface area contributed by atoms with E-state index in [-0.39, 0.29) is 36.1 Å². The zero-order valence-electron chi connectivity index (χ0n) is 16.4. The van der Waals surface area contributed by atoms with E-state index in [1.807, 2.05) is 24.0 Å². The fraction of sp³-hybridized carbons (Fsp3) is 0.333. The summed E-state index contributed by atoms with van der Waals surface area (Å²) in [4.78, 5) is 15.2. The van der Waals surface area contributed by atoms with Crippen LogP contribution in [0.1, 0.15) is 29.8 Å². The van der Waals surface area contributed by atoms with E-state index in [1.165, 1.54) is 23.7 Å². The van der Waals surface area contributed by atoms with Gasteiger partial charge in [0.25, 0.3) is 5.91 Å². The molecule has 0 bridgehead atoms. The van der Waals surface area contributed by atoms with Crippen molar-refractivity contribution in [3.05, 3.63) is 47.4 Å². The van der Waals surface area contributed by atoms with Gasteiger partial charge in [-0.05, 0) is 73.3 Å². The molecule has 0 spiro atoms. The third kappa shape index (κ3) is 4.08. The van der Waals surface area contributed by atoms with Crippen LogP contribution in [-0.2, 0) is 0 Å². The maximum Gasteiger partial charge on any atom is 0.255 e. The summed E-state index contributed by atoms with van der Waals surface area (Å²) in [6.07, 6.45) is 1.73. The quantitative estimate of drug-likeness (QED) is 0.627. The highest BCUT2D eigenvalue weighted by Crippen LogP contribution is 2.34. The Morgan fingerprint density at radius 1 is 1.24 bits per heavy atom. The molecule has 1 aromatic heterocycles. The Bertz CT molecular complexity index is 1060. The fourth-order valence-electron chi connectivity index (χ4n) is 3.94. The van der Waals surface area contributed by atoms with Crippen molar-refractivity contribution in [2.45, 2.75) is 32.9 Å². The van der Waals surface area contributed by atoms with Gasteiger partial charge in [-0.25, -0.2) is 4.39 Å². The molecule has 3 aromatic rings. The minimum absolute atomic E-state index is 0. The second-order valence-corrected chi connectivity index (χ2v) is 8.37. The monoisotopic (exact) mass is 435 g/mol. The summed E-state index contributed by atoms with van der Waals surface area (Å²) in [5.41, 5.74) is 2.72. The highest BCUT2D eigenvalue weighted by molar-refractivity contribution is 7.13. The summed E-state index contributed by atoms with van der Waals surface area (Å²) < 4.78 is 19.1. The van der Waals surface area contributed by atoms with Gasteiger partial charge in [0.15, 0.2) is 11.6 Å². The highest BCUT2D eigenvalue weighted by atomic mass is 35.5. The van der Waals surface area contributed by atoms with E-state index >= 15 is 0 Å². The number of nitrogens with zero attached hydrogens (tertiary/aromatic N) is 2. The molecule has 2 atom stereocenters. The molecule has 1 amide bonds. The van der Waals surface area contributed by atoms with Gasteiger partial charge < -0.3 is 15.3 Å². The number of aromatic nitrogens is 1. The van der Waals surface area contributed by atoms with Crippen molar-refractivity contribution >= 4 is 39.9 Å². The Balaban J connectivity index is 0.00000240. The molecule has 29 heavy (non-hydrogen) atoms. The molecule has 2 N–H and O–H groups in total. The molecule has 1 aliphatic rings. The van der Waals surface area contributed by atoms with Crippen molar-refractivity contribution in [3.8, 4) is 16.9 Å². The number of amides is 1. The number of carbonyl (C=O) groups excluding carboxylic acids is 1. The topological polar surface area (TPSA) is 65.5 Å². The predicted octanol–water partition coefficient (Wildman–Crippen LogP) is 4.36. The highest BCUT2D eigenvalue weighted by Gasteiger charge is 2.27. The Labute approximate surface area is 179 Å². The molecule has 154 valence electrons. The first-order valence-electron chi connectivity index (χ1n) is 9.26. The number of hydrogen-bond acceptors (Lipinski definition) is 5. The lowest BCUT2D eigenvalue weighted by Crippen LogP contribution is -2.55. The lowest BCUT2D eigenvalue weighted by atomic mass is 9.96. The largest absolute Gasteiger partial charge is 0.505 e. The van der Waals surface area contributed by atoms with Crippen LogP contribution in [0.15, 0.2) is 30.5 Å². The van der Waals surface area contributed by atoms with Gasteiger partial charge in [0, 0.05) is 36.8 Å². The van der Waals surface area contributed by atoms with Crippen LogP contribution < -0.4 is 5.32 Å². The summed E-state index contributed by atoms with van der Waals surface area (Å²) in [6, 6.07) is 6.90. The van der Waals surface area contributed by atoms with E-state index in [0.717, 1.165) is 21.2 Å². The lowest BCUT2D eigenvalue weighted by molar-refractivity contribution is 0.0676. The third-order valence-corrected chi connectivity index (χ3v) is 5.98. The zero-order valence-corrected chi connectivity index (χ0v) is 18.0. The number of carbonyl (C=O) groups is 1. The van der Waals surface area contributed by atoms with Gasteiger partial charge in [-0.2, -0.15) is 4.37 Å². The van der Waals surface area contributed by atoms with Crippen LogP contribution in [0.3, 0.4) is 0 Å². The van der Waals surface area contributed by atoms with Gasteiger partial charge in [-0.15, -0.1) is 12.4 Å². The second-order valence-electron chi connectivity index (χ2n) is 7.57. The SMILES string of the molecule is Cc1cc(O)c(F)cc1-c1cc(C(=O)N2C[C@@H](C)N[C@@H](C)C2)c2sncc2c1.Cl. The Morgan fingerprint density at radius 2 is 1.93 bits per heavy atom. The molecule has 2 heterocycles. The third-order valence-electron chi connectivity index (χ3n) is 5.13. The van der Waals surface area contributed by atoms with Crippen molar-refractivity contribution in [1.29, 1.82) is 0 Å². The van der Waals surface area contributed by atoms with E-state index in [1.54, 1.807) is 6.20 Å². The van der Waals surface area contributed by atoms with E-state index in [9.17, 15) is 14.3 Å². The van der Waals surface area contributed by atoms with E-state index in [4.69, 9.17) is 0 Å². The molecule has 0 radical (unpaired) electrons. The van der Waals surface area contributed by atoms with Crippen molar-refractivity contribution in [3.63, 3.8) is 0 Å². The number of nitrogens with one attached hydrogen (secondary N) is 1. The summed E-state index contributed by atoms with van der Waals surface area (Å²) in [6.45, 7) is 7.22.